The zero-order chi connectivity index (χ0) is 20.9. The lowest BCUT2D eigenvalue weighted by Crippen LogP contribution is -2.32. The summed E-state index contributed by atoms with van der Waals surface area (Å²) in [5, 5.41) is 3.73. The average Bonchev–Trinajstić information content (AvgIpc) is 3.18. The summed E-state index contributed by atoms with van der Waals surface area (Å²) in [6, 6.07) is 21.3. The molecule has 152 valence electrons. The van der Waals surface area contributed by atoms with Gasteiger partial charge >= 0.3 is 0 Å². The van der Waals surface area contributed by atoms with Gasteiger partial charge in [-0.1, -0.05) is 42.5 Å². The molecule has 0 saturated heterocycles. The normalized spacial score (nSPS) is 10.8. The summed E-state index contributed by atoms with van der Waals surface area (Å²) in [4.78, 5) is 25.4. The van der Waals surface area contributed by atoms with Crippen LogP contribution in [0.2, 0.25) is 0 Å². The summed E-state index contributed by atoms with van der Waals surface area (Å²) in [5.74, 6) is 0.553. The number of carbonyl (C=O) groups excluding carboxylic acids is 1. The van der Waals surface area contributed by atoms with E-state index >= 15 is 0 Å². The molecule has 1 N–H and O–H groups in total. The highest BCUT2D eigenvalue weighted by Gasteiger charge is 2.11. The highest BCUT2D eigenvalue weighted by Crippen LogP contribution is 2.14. The van der Waals surface area contributed by atoms with Crippen molar-refractivity contribution in [2.45, 2.75) is 19.6 Å². The van der Waals surface area contributed by atoms with Crippen molar-refractivity contribution in [2.75, 3.05) is 7.11 Å². The lowest BCUT2D eigenvalue weighted by Gasteiger charge is -2.10. The second-order valence-electron chi connectivity index (χ2n) is 7.11. The number of benzene rings is 2. The second kappa shape index (κ2) is 8.69. The molecular weight excluding hydrogens is 378 g/mol. The molecule has 0 aliphatic heterocycles. The van der Waals surface area contributed by atoms with Crippen LogP contribution in [0.15, 0.2) is 83.9 Å². The molecule has 2 aromatic carbocycles. The molecule has 2 aromatic heterocycles. The number of aromatic nitrogens is 2. The van der Waals surface area contributed by atoms with E-state index in [0.717, 1.165) is 22.3 Å². The van der Waals surface area contributed by atoms with Crippen LogP contribution < -0.4 is 15.6 Å². The van der Waals surface area contributed by atoms with E-state index in [9.17, 15) is 9.59 Å². The highest BCUT2D eigenvalue weighted by molar-refractivity contribution is 5.80. The van der Waals surface area contributed by atoms with Gasteiger partial charge in [-0.3, -0.25) is 9.59 Å². The summed E-state index contributed by atoms with van der Waals surface area (Å²) in [7, 11) is 1.61. The van der Waals surface area contributed by atoms with Crippen LogP contribution in [0.1, 0.15) is 11.1 Å². The average molecular weight is 401 g/mol. The van der Waals surface area contributed by atoms with E-state index in [-0.39, 0.29) is 18.0 Å². The minimum atomic E-state index is -0.214. The Hall–Kier alpha value is -3.80. The van der Waals surface area contributed by atoms with E-state index < -0.39 is 0 Å². The molecule has 0 radical (unpaired) electrons. The van der Waals surface area contributed by atoms with Gasteiger partial charge < -0.3 is 19.2 Å². The van der Waals surface area contributed by atoms with E-state index in [0.29, 0.717) is 18.6 Å². The van der Waals surface area contributed by atoms with E-state index in [1.165, 1.54) is 4.57 Å². The van der Waals surface area contributed by atoms with Crippen molar-refractivity contribution in [1.29, 1.82) is 0 Å². The number of pyridine rings is 1. The Balaban J connectivity index is 1.48. The van der Waals surface area contributed by atoms with E-state index in [4.69, 9.17) is 4.74 Å². The predicted octanol–water partition coefficient (Wildman–Crippen LogP) is 3.18. The lowest BCUT2D eigenvalue weighted by molar-refractivity contribution is -0.121. The first-order valence-corrected chi connectivity index (χ1v) is 9.76. The monoisotopic (exact) mass is 401 g/mol. The Bertz CT molecular complexity index is 1210. The van der Waals surface area contributed by atoms with Gasteiger partial charge in [0.05, 0.1) is 7.11 Å². The van der Waals surface area contributed by atoms with Crippen LogP contribution in [0, 0.1) is 0 Å². The number of nitrogens with zero attached hydrogens (tertiary/aromatic N) is 2. The van der Waals surface area contributed by atoms with Gasteiger partial charge in [-0.25, -0.2) is 0 Å². The van der Waals surface area contributed by atoms with Crippen LogP contribution >= 0.6 is 0 Å². The van der Waals surface area contributed by atoms with Gasteiger partial charge in [0, 0.05) is 30.9 Å². The summed E-state index contributed by atoms with van der Waals surface area (Å²) in [6.07, 6.45) is 3.58. The molecule has 0 spiro atoms. The van der Waals surface area contributed by atoms with Crippen LogP contribution in [-0.4, -0.2) is 22.2 Å². The molecule has 1 amide bonds. The van der Waals surface area contributed by atoms with Crippen LogP contribution in [0.5, 0.6) is 5.75 Å². The third-order valence-corrected chi connectivity index (χ3v) is 5.05. The highest BCUT2D eigenvalue weighted by atomic mass is 16.5. The van der Waals surface area contributed by atoms with Gasteiger partial charge in [0.1, 0.15) is 17.8 Å². The molecule has 2 heterocycles. The standard InChI is InChI=1S/C24H23N3O3/c1-30-21-9-7-18(8-10-21)15-25-22(28)17-27-14-12-20-11-13-26(23(20)24(27)29)16-19-5-3-2-4-6-19/h2-14H,15-17H2,1H3,(H,25,28). The minimum absolute atomic E-state index is 0.0263. The van der Waals surface area contributed by atoms with Crippen molar-refractivity contribution in [3.05, 3.63) is 101 Å². The topological polar surface area (TPSA) is 65.3 Å². The Labute approximate surface area is 174 Å². The molecule has 0 atom stereocenters. The van der Waals surface area contributed by atoms with Crippen molar-refractivity contribution in [3.63, 3.8) is 0 Å². The summed E-state index contributed by atoms with van der Waals surface area (Å²) in [6.45, 7) is 0.971. The van der Waals surface area contributed by atoms with Crippen molar-refractivity contribution < 1.29 is 9.53 Å². The number of carbonyl (C=O) groups is 1. The fourth-order valence-corrected chi connectivity index (χ4v) is 3.44. The quantitative estimate of drug-likeness (QED) is 0.517. The molecule has 0 saturated carbocycles. The van der Waals surface area contributed by atoms with Crippen LogP contribution in [0.3, 0.4) is 0 Å². The second-order valence-corrected chi connectivity index (χ2v) is 7.11. The summed E-state index contributed by atoms with van der Waals surface area (Å²) < 4.78 is 8.52. The Morgan fingerprint density at radius 2 is 1.60 bits per heavy atom. The van der Waals surface area contributed by atoms with Crippen LogP contribution in [0.25, 0.3) is 10.9 Å². The number of hydrogen-bond acceptors (Lipinski definition) is 3. The molecule has 4 aromatic rings. The van der Waals surface area contributed by atoms with Gasteiger partial charge in [-0.2, -0.15) is 0 Å². The Morgan fingerprint density at radius 1 is 0.900 bits per heavy atom. The zero-order valence-corrected chi connectivity index (χ0v) is 16.7. The molecular formula is C24H23N3O3. The van der Waals surface area contributed by atoms with Gasteiger partial charge in [0.15, 0.2) is 0 Å². The fourth-order valence-electron chi connectivity index (χ4n) is 3.44. The molecule has 0 bridgehead atoms. The number of fused-ring (bicyclic) bond motifs is 1. The number of nitrogens with one attached hydrogen (secondary N) is 1. The molecule has 30 heavy (non-hydrogen) atoms. The summed E-state index contributed by atoms with van der Waals surface area (Å²) >= 11 is 0. The van der Waals surface area contributed by atoms with Crippen molar-refractivity contribution in [2.24, 2.45) is 0 Å². The first kappa shape index (κ1) is 19.5. The van der Waals surface area contributed by atoms with Gasteiger partial charge in [0.25, 0.3) is 5.56 Å². The number of amides is 1. The van der Waals surface area contributed by atoms with Gasteiger partial charge in [-0.05, 0) is 35.4 Å². The van der Waals surface area contributed by atoms with Gasteiger partial charge in [-0.15, -0.1) is 0 Å². The van der Waals surface area contributed by atoms with Crippen molar-refractivity contribution in [3.8, 4) is 5.75 Å². The van der Waals surface area contributed by atoms with Gasteiger partial charge in [0.2, 0.25) is 5.91 Å². The Morgan fingerprint density at radius 3 is 2.30 bits per heavy atom. The molecule has 0 aliphatic rings. The maximum absolute atomic E-state index is 13.0. The molecule has 6 heteroatoms. The number of ether oxygens (including phenoxy) is 1. The fraction of sp³-hybridized carbons (Fsp3) is 0.167. The smallest absolute Gasteiger partial charge is 0.275 e. The maximum atomic E-state index is 13.0. The number of hydrogen-bond donors (Lipinski definition) is 1. The maximum Gasteiger partial charge on any atom is 0.275 e. The van der Waals surface area contributed by atoms with Crippen molar-refractivity contribution in [1.82, 2.24) is 14.5 Å². The molecule has 0 unspecified atom stereocenters. The first-order chi connectivity index (χ1) is 14.6. The van der Waals surface area contributed by atoms with Crippen molar-refractivity contribution >= 4 is 16.8 Å². The Kier molecular flexibility index (Phi) is 5.66. The largest absolute Gasteiger partial charge is 0.497 e. The van der Waals surface area contributed by atoms with E-state index in [2.05, 4.69) is 5.32 Å². The molecule has 0 fully saturated rings. The van der Waals surface area contributed by atoms with Crippen LogP contribution in [0.4, 0.5) is 0 Å². The molecule has 6 nitrogen and oxygen atoms in total. The summed E-state index contributed by atoms with van der Waals surface area (Å²) in [5.41, 5.74) is 2.50. The third kappa shape index (κ3) is 4.27. The first-order valence-electron chi connectivity index (χ1n) is 9.76. The zero-order valence-electron chi connectivity index (χ0n) is 16.7. The minimum Gasteiger partial charge on any atom is -0.497 e. The van der Waals surface area contributed by atoms with E-state index in [1.54, 1.807) is 13.3 Å². The molecule has 0 aliphatic carbocycles. The molecule has 4 rings (SSSR count). The third-order valence-electron chi connectivity index (χ3n) is 5.05. The van der Waals surface area contributed by atoms with Crippen LogP contribution in [-0.2, 0) is 24.4 Å². The predicted molar refractivity (Wildman–Crippen MR) is 117 cm³/mol. The van der Waals surface area contributed by atoms with E-state index in [1.807, 2.05) is 77.5 Å². The SMILES string of the molecule is COc1ccc(CNC(=O)Cn2ccc3ccn(Cc4ccccc4)c3c2=O)cc1. The lowest BCUT2D eigenvalue weighted by atomic mass is 10.2. The number of rotatable bonds is 7. The number of methoxy groups -OCH3 is 1.